The van der Waals surface area contributed by atoms with Crippen LogP contribution in [0.4, 0.5) is 5.69 Å². The van der Waals surface area contributed by atoms with Crippen LogP contribution in [0.1, 0.15) is 10.6 Å². The Labute approximate surface area is 152 Å². The second kappa shape index (κ2) is 7.38. The molecule has 0 unspecified atom stereocenters. The number of methoxy groups -OCH3 is 1. The van der Waals surface area contributed by atoms with Crippen LogP contribution in [0.5, 0.6) is 5.75 Å². The summed E-state index contributed by atoms with van der Waals surface area (Å²) >= 11 is 0. The van der Waals surface area contributed by atoms with Crippen molar-refractivity contribution in [1.82, 2.24) is 9.62 Å². The van der Waals surface area contributed by atoms with Crippen LogP contribution in [0.2, 0.25) is 0 Å². The Balaban J connectivity index is 1.67. The molecule has 3 rings (SSSR count). The van der Waals surface area contributed by atoms with Crippen molar-refractivity contribution in [2.45, 2.75) is 5.09 Å². The number of benzene rings is 1. The van der Waals surface area contributed by atoms with Crippen molar-refractivity contribution >= 4 is 21.6 Å². The maximum absolute atomic E-state index is 12.6. The minimum Gasteiger partial charge on any atom is -0.495 e. The van der Waals surface area contributed by atoms with Gasteiger partial charge in [-0.3, -0.25) is 4.79 Å². The van der Waals surface area contributed by atoms with Crippen LogP contribution in [-0.2, 0) is 10.0 Å². The van der Waals surface area contributed by atoms with Gasteiger partial charge in [0.05, 0.1) is 12.8 Å². The Morgan fingerprint density at radius 3 is 2.46 bits per heavy atom. The summed E-state index contributed by atoms with van der Waals surface area (Å²) in [7, 11) is -0.784. The molecule has 1 saturated heterocycles. The molecule has 1 amide bonds. The maximum atomic E-state index is 12.6. The van der Waals surface area contributed by atoms with E-state index in [4.69, 9.17) is 9.15 Å². The number of hydrogen-bond acceptors (Lipinski definition) is 6. The van der Waals surface area contributed by atoms with E-state index in [2.05, 4.69) is 9.62 Å². The van der Waals surface area contributed by atoms with Crippen LogP contribution in [0.15, 0.2) is 45.9 Å². The molecule has 0 aliphatic carbocycles. The van der Waals surface area contributed by atoms with E-state index >= 15 is 0 Å². The summed E-state index contributed by atoms with van der Waals surface area (Å²) in [6, 6.07) is 10.4. The molecule has 9 heteroatoms. The number of carbonyl (C=O) groups is 1. The largest absolute Gasteiger partial charge is 0.495 e. The van der Waals surface area contributed by atoms with Gasteiger partial charge in [-0.15, -0.1) is 0 Å². The first-order valence-corrected chi connectivity index (χ1v) is 9.65. The molecule has 1 aromatic heterocycles. The van der Waals surface area contributed by atoms with E-state index in [0.717, 1.165) is 11.4 Å². The zero-order chi connectivity index (χ0) is 18.7. The van der Waals surface area contributed by atoms with E-state index in [1.807, 2.05) is 24.3 Å². The standard InChI is InChI=1S/C17H21N3O5S/c1-18-26(22,23)16-8-7-15(25-16)17(21)20-11-9-19(10-12-20)13-5-3-4-6-14(13)24-2/h3-8,18H,9-12H2,1-2H3. The lowest BCUT2D eigenvalue weighted by atomic mass is 10.2. The number of furan rings is 1. The van der Waals surface area contributed by atoms with Crippen molar-refractivity contribution in [2.24, 2.45) is 0 Å². The highest BCUT2D eigenvalue weighted by Gasteiger charge is 2.27. The topological polar surface area (TPSA) is 92.1 Å². The highest BCUT2D eigenvalue weighted by molar-refractivity contribution is 7.89. The molecule has 2 heterocycles. The molecular weight excluding hydrogens is 358 g/mol. The van der Waals surface area contributed by atoms with Crippen molar-refractivity contribution < 1.29 is 22.4 Å². The predicted octanol–water partition coefficient (Wildman–Crippen LogP) is 1.16. The summed E-state index contributed by atoms with van der Waals surface area (Å²) in [6.45, 7) is 2.31. The smallest absolute Gasteiger partial charge is 0.289 e. The number of carbonyl (C=O) groups excluding carboxylic acids is 1. The lowest BCUT2D eigenvalue weighted by Crippen LogP contribution is -2.48. The van der Waals surface area contributed by atoms with E-state index in [0.29, 0.717) is 26.2 Å². The van der Waals surface area contributed by atoms with E-state index in [1.54, 1.807) is 12.0 Å². The molecule has 0 bridgehead atoms. The van der Waals surface area contributed by atoms with Crippen molar-refractivity contribution in [3.8, 4) is 5.75 Å². The van der Waals surface area contributed by atoms with Crippen LogP contribution < -0.4 is 14.4 Å². The fourth-order valence-electron chi connectivity index (χ4n) is 2.88. The van der Waals surface area contributed by atoms with Crippen molar-refractivity contribution in [3.63, 3.8) is 0 Å². The second-order valence-electron chi connectivity index (χ2n) is 5.78. The van der Waals surface area contributed by atoms with Gasteiger partial charge in [0.15, 0.2) is 5.76 Å². The first kappa shape index (κ1) is 18.3. The fourth-order valence-corrected chi connectivity index (χ4v) is 3.53. The summed E-state index contributed by atoms with van der Waals surface area (Å²) < 4.78 is 36.2. The molecule has 26 heavy (non-hydrogen) atoms. The van der Waals surface area contributed by atoms with Crippen LogP contribution in [0, 0.1) is 0 Å². The number of rotatable bonds is 5. The number of hydrogen-bond donors (Lipinski definition) is 1. The maximum Gasteiger partial charge on any atom is 0.289 e. The number of para-hydroxylation sites is 2. The van der Waals surface area contributed by atoms with E-state index in [1.165, 1.54) is 19.2 Å². The van der Waals surface area contributed by atoms with E-state index in [9.17, 15) is 13.2 Å². The molecule has 0 atom stereocenters. The van der Waals surface area contributed by atoms with E-state index < -0.39 is 10.0 Å². The van der Waals surface area contributed by atoms with Gasteiger partial charge in [0.1, 0.15) is 5.75 Å². The minimum absolute atomic E-state index is 0.0181. The third kappa shape index (κ3) is 3.54. The molecule has 8 nitrogen and oxygen atoms in total. The predicted molar refractivity (Wildman–Crippen MR) is 96.1 cm³/mol. The molecule has 1 aromatic carbocycles. The normalized spacial score (nSPS) is 15.2. The third-order valence-electron chi connectivity index (χ3n) is 4.32. The Morgan fingerprint density at radius 2 is 1.81 bits per heavy atom. The summed E-state index contributed by atoms with van der Waals surface area (Å²) in [5, 5.41) is -0.268. The molecule has 1 aliphatic heterocycles. The number of ether oxygens (including phenoxy) is 1. The lowest BCUT2D eigenvalue weighted by molar-refractivity contribution is 0.0709. The van der Waals surface area contributed by atoms with Gasteiger partial charge in [-0.2, -0.15) is 0 Å². The van der Waals surface area contributed by atoms with Crippen molar-refractivity contribution in [2.75, 3.05) is 45.2 Å². The number of amides is 1. The summed E-state index contributed by atoms with van der Waals surface area (Å²) in [4.78, 5) is 16.4. The quantitative estimate of drug-likeness (QED) is 0.838. The van der Waals surface area contributed by atoms with Crippen LogP contribution in [0.3, 0.4) is 0 Å². The van der Waals surface area contributed by atoms with Crippen LogP contribution in [0.25, 0.3) is 0 Å². The van der Waals surface area contributed by atoms with Crippen molar-refractivity contribution in [3.05, 3.63) is 42.2 Å². The SMILES string of the molecule is CNS(=O)(=O)c1ccc(C(=O)N2CCN(c3ccccc3OC)CC2)o1. The van der Waals surface area contributed by atoms with Gasteiger partial charge in [0, 0.05) is 26.2 Å². The zero-order valence-electron chi connectivity index (χ0n) is 14.6. The molecular formula is C17H21N3O5S. The number of nitrogens with zero attached hydrogens (tertiary/aromatic N) is 2. The summed E-state index contributed by atoms with van der Waals surface area (Å²) in [5.74, 6) is 0.493. The average molecular weight is 379 g/mol. The van der Waals surface area contributed by atoms with Crippen LogP contribution in [-0.4, -0.2) is 59.6 Å². The number of anilines is 1. The number of nitrogens with one attached hydrogen (secondary N) is 1. The first-order chi connectivity index (χ1) is 12.5. The number of piperazine rings is 1. The third-order valence-corrected chi connectivity index (χ3v) is 5.61. The van der Waals surface area contributed by atoms with Gasteiger partial charge in [-0.25, -0.2) is 13.1 Å². The average Bonchev–Trinajstić information content (AvgIpc) is 3.18. The summed E-state index contributed by atoms with van der Waals surface area (Å²) in [6.07, 6.45) is 0. The van der Waals surface area contributed by atoms with Gasteiger partial charge in [0.2, 0.25) is 5.09 Å². The highest BCUT2D eigenvalue weighted by Crippen LogP contribution is 2.28. The molecule has 1 fully saturated rings. The summed E-state index contributed by atoms with van der Waals surface area (Å²) in [5.41, 5.74) is 0.988. The van der Waals surface area contributed by atoms with Gasteiger partial charge >= 0.3 is 0 Å². The van der Waals surface area contributed by atoms with Gasteiger partial charge < -0.3 is 19.0 Å². The molecule has 0 saturated carbocycles. The minimum atomic E-state index is -3.70. The van der Waals surface area contributed by atoms with Crippen molar-refractivity contribution in [1.29, 1.82) is 0 Å². The van der Waals surface area contributed by atoms with Crippen LogP contribution >= 0.6 is 0 Å². The Bertz CT molecular complexity index is 885. The lowest BCUT2D eigenvalue weighted by Gasteiger charge is -2.36. The molecule has 0 radical (unpaired) electrons. The highest BCUT2D eigenvalue weighted by atomic mass is 32.2. The fraction of sp³-hybridized carbons (Fsp3) is 0.353. The Morgan fingerprint density at radius 1 is 1.12 bits per heavy atom. The molecule has 140 valence electrons. The Hall–Kier alpha value is -2.52. The number of sulfonamides is 1. The zero-order valence-corrected chi connectivity index (χ0v) is 15.5. The molecule has 1 aliphatic rings. The Kier molecular flexibility index (Phi) is 5.19. The van der Waals surface area contributed by atoms with E-state index in [-0.39, 0.29) is 16.8 Å². The van der Waals surface area contributed by atoms with Gasteiger partial charge in [0.25, 0.3) is 15.9 Å². The first-order valence-electron chi connectivity index (χ1n) is 8.17. The van der Waals surface area contributed by atoms with Gasteiger partial charge in [-0.1, -0.05) is 12.1 Å². The molecule has 2 aromatic rings. The second-order valence-corrected chi connectivity index (χ2v) is 7.59. The molecule has 1 N–H and O–H groups in total. The van der Waals surface area contributed by atoms with Gasteiger partial charge in [-0.05, 0) is 31.3 Å². The monoisotopic (exact) mass is 379 g/mol. The molecule has 0 spiro atoms.